The molecule has 0 radical (unpaired) electrons. The van der Waals surface area contributed by atoms with Gasteiger partial charge in [0.15, 0.2) is 0 Å². The van der Waals surface area contributed by atoms with E-state index in [-0.39, 0.29) is 5.92 Å². The van der Waals surface area contributed by atoms with Gasteiger partial charge in [-0.05, 0) is 39.1 Å². The Morgan fingerprint density at radius 2 is 1.25 bits per heavy atom. The number of phenolic OH excluding ortho intramolecular Hbond substituents is 1. The quantitative estimate of drug-likeness (QED) is 0.421. The fraction of sp³-hybridized carbons (Fsp3) is 0.0435. The zero-order chi connectivity index (χ0) is 16.1. The van der Waals surface area contributed by atoms with E-state index >= 15 is 0 Å². The van der Waals surface area contributed by atoms with Gasteiger partial charge in [-0.1, -0.05) is 78.9 Å². The van der Waals surface area contributed by atoms with Gasteiger partial charge in [0.1, 0.15) is 5.75 Å². The molecule has 0 bridgehead atoms. The van der Waals surface area contributed by atoms with Crippen molar-refractivity contribution >= 4 is 10.8 Å². The molecular formula is C23H16O. The van der Waals surface area contributed by atoms with Crippen molar-refractivity contribution in [2.45, 2.75) is 5.92 Å². The third-order valence-corrected chi connectivity index (χ3v) is 5.07. The van der Waals surface area contributed by atoms with E-state index in [4.69, 9.17) is 0 Å². The molecule has 4 aromatic rings. The lowest BCUT2D eigenvalue weighted by Crippen LogP contribution is -2.00. The van der Waals surface area contributed by atoms with Crippen molar-refractivity contribution in [1.29, 1.82) is 0 Å². The van der Waals surface area contributed by atoms with Crippen molar-refractivity contribution in [3.63, 3.8) is 0 Å². The molecule has 1 aliphatic rings. The summed E-state index contributed by atoms with van der Waals surface area (Å²) in [6, 6.07) is 29.2. The summed E-state index contributed by atoms with van der Waals surface area (Å²) in [6.07, 6.45) is 0. The topological polar surface area (TPSA) is 20.2 Å². The van der Waals surface area contributed by atoms with E-state index in [1.807, 2.05) is 6.07 Å². The van der Waals surface area contributed by atoms with Gasteiger partial charge in [0.05, 0.1) is 0 Å². The summed E-state index contributed by atoms with van der Waals surface area (Å²) >= 11 is 0. The first-order valence-corrected chi connectivity index (χ1v) is 8.23. The minimum absolute atomic E-state index is 0.0727. The molecule has 0 amide bonds. The average molecular weight is 308 g/mol. The second-order valence-corrected chi connectivity index (χ2v) is 6.33. The van der Waals surface area contributed by atoms with Crippen LogP contribution >= 0.6 is 0 Å². The summed E-state index contributed by atoms with van der Waals surface area (Å²) in [5.74, 6) is 0.449. The zero-order valence-corrected chi connectivity index (χ0v) is 13.1. The Kier molecular flexibility index (Phi) is 2.77. The molecule has 1 nitrogen and oxygen atoms in total. The van der Waals surface area contributed by atoms with Gasteiger partial charge in [0.2, 0.25) is 0 Å². The highest BCUT2D eigenvalue weighted by Crippen LogP contribution is 2.52. The van der Waals surface area contributed by atoms with Crippen LogP contribution < -0.4 is 0 Å². The van der Waals surface area contributed by atoms with Crippen LogP contribution in [0, 0.1) is 0 Å². The first-order chi connectivity index (χ1) is 11.8. The molecule has 4 aromatic carbocycles. The van der Waals surface area contributed by atoms with Gasteiger partial charge in [-0.15, -0.1) is 0 Å². The third kappa shape index (κ3) is 1.75. The molecule has 0 fully saturated rings. The number of phenols is 1. The normalized spacial score (nSPS) is 15.2. The molecular weight excluding hydrogens is 292 g/mol. The van der Waals surface area contributed by atoms with E-state index in [2.05, 4.69) is 72.8 Å². The van der Waals surface area contributed by atoms with Crippen molar-refractivity contribution in [2.24, 2.45) is 0 Å². The van der Waals surface area contributed by atoms with E-state index in [0.29, 0.717) is 5.75 Å². The van der Waals surface area contributed by atoms with E-state index in [1.54, 1.807) is 6.07 Å². The van der Waals surface area contributed by atoms with Crippen molar-refractivity contribution in [2.75, 3.05) is 0 Å². The SMILES string of the molecule is Oc1cccc2c1C(c1cccc3ccccc13)c1ccccc1-2. The Balaban J connectivity index is 1.89. The smallest absolute Gasteiger partial charge is 0.120 e. The highest BCUT2D eigenvalue weighted by atomic mass is 16.3. The summed E-state index contributed by atoms with van der Waals surface area (Å²) in [6.45, 7) is 0. The molecule has 0 saturated carbocycles. The van der Waals surface area contributed by atoms with Gasteiger partial charge in [-0.25, -0.2) is 0 Å². The average Bonchev–Trinajstić information content (AvgIpc) is 2.97. The monoisotopic (exact) mass is 308 g/mol. The summed E-state index contributed by atoms with van der Waals surface area (Å²) in [5.41, 5.74) is 5.91. The fourth-order valence-corrected chi connectivity index (χ4v) is 4.07. The van der Waals surface area contributed by atoms with Crippen molar-refractivity contribution in [3.8, 4) is 16.9 Å². The number of hydrogen-bond donors (Lipinski definition) is 1. The number of fused-ring (bicyclic) bond motifs is 4. The van der Waals surface area contributed by atoms with Crippen molar-refractivity contribution < 1.29 is 5.11 Å². The van der Waals surface area contributed by atoms with Crippen LogP contribution in [-0.2, 0) is 0 Å². The Bertz CT molecular complexity index is 1070. The van der Waals surface area contributed by atoms with Gasteiger partial charge >= 0.3 is 0 Å². The van der Waals surface area contributed by atoms with Crippen LogP contribution in [0.3, 0.4) is 0 Å². The Morgan fingerprint density at radius 3 is 2.21 bits per heavy atom. The summed E-state index contributed by atoms with van der Waals surface area (Å²) in [7, 11) is 0. The summed E-state index contributed by atoms with van der Waals surface area (Å²) in [5, 5.41) is 13.1. The molecule has 1 unspecified atom stereocenters. The van der Waals surface area contributed by atoms with Gasteiger partial charge in [0.25, 0.3) is 0 Å². The predicted octanol–water partition coefficient (Wildman–Crippen LogP) is 5.71. The maximum Gasteiger partial charge on any atom is 0.120 e. The number of aromatic hydroxyl groups is 1. The van der Waals surface area contributed by atoms with E-state index in [1.165, 1.54) is 27.5 Å². The molecule has 1 aliphatic carbocycles. The largest absolute Gasteiger partial charge is 0.508 e. The lowest BCUT2D eigenvalue weighted by atomic mass is 9.86. The van der Waals surface area contributed by atoms with Crippen LogP contribution in [0.4, 0.5) is 0 Å². The van der Waals surface area contributed by atoms with Crippen LogP contribution in [0.15, 0.2) is 84.9 Å². The van der Waals surface area contributed by atoms with Gasteiger partial charge < -0.3 is 5.11 Å². The Hall–Kier alpha value is -3.06. The van der Waals surface area contributed by atoms with E-state index in [0.717, 1.165) is 11.1 Å². The molecule has 0 saturated heterocycles. The fourth-order valence-electron chi connectivity index (χ4n) is 4.07. The standard InChI is InChI=1S/C23H16O/c24-21-14-6-13-20-17-10-3-4-11-19(17)22(23(20)21)18-12-5-8-15-7-1-2-9-16(15)18/h1-14,22,24H. The van der Waals surface area contributed by atoms with Crippen molar-refractivity contribution in [1.82, 2.24) is 0 Å². The molecule has 0 aliphatic heterocycles. The molecule has 114 valence electrons. The third-order valence-electron chi connectivity index (χ3n) is 5.07. The van der Waals surface area contributed by atoms with Gasteiger partial charge in [-0.2, -0.15) is 0 Å². The second kappa shape index (κ2) is 4.97. The lowest BCUT2D eigenvalue weighted by molar-refractivity contribution is 0.468. The Morgan fingerprint density at radius 1 is 0.583 bits per heavy atom. The van der Waals surface area contributed by atoms with E-state index < -0.39 is 0 Å². The molecule has 5 rings (SSSR count). The molecule has 0 heterocycles. The molecule has 1 heteroatoms. The van der Waals surface area contributed by atoms with Crippen LogP contribution in [0.2, 0.25) is 0 Å². The predicted molar refractivity (Wildman–Crippen MR) is 98.4 cm³/mol. The first kappa shape index (κ1) is 13.4. The highest BCUT2D eigenvalue weighted by molar-refractivity contribution is 5.91. The highest BCUT2D eigenvalue weighted by Gasteiger charge is 2.32. The molecule has 1 N–H and O–H groups in total. The van der Waals surface area contributed by atoms with Gasteiger partial charge in [-0.3, -0.25) is 0 Å². The van der Waals surface area contributed by atoms with E-state index in [9.17, 15) is 5.11 Å². The zero-order valence-electron chi connectivity index (χ0n) is 13.1. The molecule has 0 spiro atoms. The maximum absolute atomic E-state index is 10.6. The molecule has 1 atom stereocenters. The minimum atomic E-state index is 0.0727. The number of rotatable bonds is 1. The molecule has 0 aromatic heterocycles. The van der Waals surface area contributed by atoms with Crippen LogP contribution in [0.1, 0.15) is 22.6 Å². The maximum atomic E-state index is 10.6. The first-order valence-electron chi connectivity index (χ1n) is 8.23. The van der Waals surface area contributed by atoms with Crippen molar-refractivity contribution in [3.05, 3.63) is 102 Å². The van der Waals surface area contributed by atoms with Crippen LogP contribution in [0.5, 0.6) is 5.75 Å². The second-order valence-electron chi connectivity index (χ2n) is 6.33. The van der Waals surface area contributed by atoms with Crippen LogP contribution in [0.25, 0.3) is 21.9 Å². The minimum Gasteiger partial charge on any atom is -0.508 e. The van der Waals surface area contributed by atoms with Gasteiger partial charge in [0, 0.05) is 11.5 Å². The number of hydrogen-bond acceptors (Lipinski definition) is 1. The summed E-state index contributed by atoms with van der Waals surface area (Å²) < 4.78 is 0. The Labute approximate surface area is 140 Å². The molecule has 24 heavy (non-hydrogen) atoms. The van der Waals surface area contributed by atoms with Crippen LogP contribution in [-0.4, -0.2) is 5.11 Å². The summed E-state index contributed by atoms with van der Waals surface area (Å²) in [4.78, 5) is 0. The lowest BCUT2D eigenvalue weighted by Gasteiger charge is -2.17. The number of benzene rings is 4.